The molecule has 0 heterocycles. The molecule has 116 valence electrons. The van der Waals surface area contributed by atoms with Crippen molar-refractivity contribution in [2.75, 3.05) is 17.1 Å². The standard InChI is InChI=1S/C15H16N2O4S/c1-2-21-15(18)13-8-3-4-9-14(13)17-22(19,20)12-7-5-6-11(16)10-12/h3-10,17H,2,16H2,1H3. The van der Waals surface area contributed by atoms with E-state index in [4.69, 9.17) is 10.5 Å². The summed E-state index contributed by atoms with van der Waals surface area (Å²) >= 11 is 0. The van der Waals surface area contributed by atoms with Gasteiger partial charge in [-0.1, -0.05) is 18.2 Å². The Hall–Kier alpha value is -2.54. The molecular formula is C15H16N2O4S. The molecule has 22 heavy (non-hydrogen) atoms. The highest BCUT2D eigenvalue weighted by Crippen LogP contribution is 2.21. The number of para-hydroxylation sites is 1. The first kappa shape index (κ1) is 15.8. The number of rotatable bonds is 5. The van der Waals surface area contributed by atoms with Crippen LogP contribution < -0.4 is 10.5 Å². The second-order valence-electron chi connectivity index (χ2n) is 4.44. The predicted molar refractivity (Wildman–Crippen MR) is 84.1 cm³/mol. The van der Waals surface area contributed by atoms with Crippen molar-refractivity contribution in [1.82, 2.24) is 0 Å². The topological polar surface area (TPSA) is 98.5 Å². The van der Waals surface area contributed by atoms with E-state index in [2.05, 4.69) is 4.72 Å². The normalized spacial score (nSPS) is 11.0. The maximum Gasteiger partial charge on any atom is 0.340 e. The summed E-state index contributed by atoms with van der Waals surface area (Å²) in [6.45, 7) is 1.88. The summed E-state index contributed by atoms with van der Waals surface area (Å²) in [6, 6.07) is 12.1. The highest BCUT2D eigenvalue weighted by molar-refractivity contribution is 7.92. The number of sulfonamides is 1. The number of hydrogen-bond donors (Lipinski definition) is 2. The molecule has 0 saturated heterocycles. The summed E-state index contributed by atoms with van der Waals surface area (Å²) in [7, 11) is -3.84. The molecule has 2 aromatic carbocycles. The van der Waals surface area contributed by atoms with Gasteiger partial charge in [0.05, 0.1) is 22.8 Å². The molecule has 0 saturated carbocycles. The molecule has 0 unspecified atom stereocenters. The molecule has 0 atom stereocenters. The lowest BCUT2D eigenvalue weighted by atomic mass is 10.2. The van der Waals surface area contributed by atoms with E-state index in [0.29, 0.717) is 5.69 Å². The minimum Gasteiger partial charge on any atom is -0.462 e. The highest BCUT2D eigenvalue weighted by atomic mass is 32.2. The number of nitrogen functional groups attached to an aromatic ring is 1. The van der Waals surface area contributed by atoms with Crippen LogP contribution >= 0.6 is 0 Å². The van der Waals surface area contributed by atoms with Crippen LogP contribution in [0.1, 0.15) is 17.3 Å². The predicted octanol–water partition coefficient (Wildman–Crippen LogP) is 2.25. The molecule has 3 N–H and O–H groups in total. The number of ether oxygens (including phenoxy) is 1. The molecule has 0 aliphatic heterocycles. The van der Waals surface area contributed by atoms with Crippen molar-refractivity contribution in [2.45, 2.75) is 11.8 Å². The number of esters is 1. The molecule has 2 aromatic rings. The van der Waals surface area contributed by atoms with Gasteiger partial charge in [0.15, 0.2) is 0 Å². The molecule has 0 bridgehead atoms. The van der Waals surface area contributed by atoms with Crippen molar-refractivity contribution >= 4 is 27.4 Å². The Bertz CT molecular complexity index is 788. The Morgan fingerprint density at radius 1 is 1.18 bits per heavy atom. The van der Waals surface area contributed by atoms with Gasteiger partial charge in [0.1, 0.15) is 0 Å². The van der Waals surface area contributed by atoms with Crippen molar-refractivity contribution in [2.24, 2.45) is 0 Å². The molecule has 7 heteroatoms. The van der Waals surface area contributed by atoms with Crippen LogP contribution in [-0.2, 0) is 14.8 Å². The third-order valence-corrected chi connectivity index (χ3v) is 4.20. The van der Waals surface area contributed by atoms with Gasteiger partial charge in [0.2, 0.25) is 0 Å². The number of hydrogen-bond acceptors (Lipinski definition) is 5. The number of anilines is 2. The zero-order valence-electron chi connectivity index (χ0n) is 11.9. The Morgan fingerprint density at radius 3 is 2.59 bits per heavy atom. The molecule has 0 spiro atoms. The van der Waals surface area contributed by atoms with Crippen LogP contribution in [-0.4, -0.2) is 21.0 Å². The largest absolute Gasteiger partial charge is 0.462 e. The van der Waals surface area contributed by atoms with Gasteiger partial charge >= 0.3 is 5.97 Å². The van der Waals surface area contributed by atoms with Gasteiger partial charge in [-0.15, -0.1) is 0 Å². The van der Waals surface area contributed by atoms with Crippen molar-refractivity contribution < 1.29 is 17.9 Å². The van der Waals surface area contributed by atoms with Crippen LogP contribution in [0.4, 0.5) is 11.4 Å². The molecule has 0 amide bonds. The van der Waals surface area contributed by atoms with Crippen LogP contribution in [0.25, 0.3) is 0 Å². The van der Waals surface area contributed by atoms with Crippen molar-refractivity contribution in [3.05, 3.63) is 54.1 Å². The average Bonchev–Trinajstić information content (AvgIpc) is 2.47. The molecule has 0 aromatic heterocycles. The molecule has 0 aliphatic carbocycles. The fourth-order valence-corrected chi connectivity index (χ4v) is 2.98. The maximum absolute atomic E-state index is 12.4. The maximum atomic E-state index is 12.4. The second kappa shape index (κ2) is 6.48. The Balaban J connectivity index is 2.36. The van der Waals surface area contributed by atoms with Gasteiger partial charge in [-0.05, 0) is 37.3 Å². The van der Waals surface area contributed by atoms with E-state index >= 15 is 0 Å². The van der Waals surface area contributed by atoms with Crippen LogP contribution in [0, 0.1) is 0 Å². The molecule has 2 rings (SSSR count). The van der Waals surface area contributed by atoms with E-state index in [0.717, 1.165) is 0 Å². The fraction of sp³-hybridized carbons (Fsp3) is 0.133. The smallest absolute Gasteiger partial charge is 0.340 e. The monoisotopic (exact) mass is 320 g/mol. The summed E-state index contributed by atoms with van der Waals surface area (Å²) in [5.41, 5.74) is 6.24. The first-order chi connectivity index (χ1) is 10.4. The van der Waals surface area contributed by atoms with Crippen molar-refractivity contribution in [1.29, 1.82) is 0 Å². The summed E-state index contributed by atoms with van der Waals surface area (Å²) in [6.07, 6.45) is 0. The van der Waals surface area contributed by atoms with Crippen LogP contribution in [0.3, 0.4) is 0 Å². The van der Waals surface area contributed by atoms with Gasteiger partial charge in [0.25, 0.3) is 10.0 Å². The lowest BCUT2D eigenvalue weighted by molar-refractivity contribution is 0.0527. The summed E-state index contributed by atoms with van der Waals surface area (Å²) in [4.78, 5) is 11.9. The molecular weight excluding hydrogens is 304 g/mol. The Morgan fingerprint density at radius 2 is 1.91 bits per heavy atom. The molecule has 0 radical (unpaired) electrons. The van der Waals surface area contributed by atoms with Gasteiger partial charge in [-0.3, -0.25) is 4.72 Å². The lowest BCUT2D eigenvalue weighted by Crippen LogP contribution is -2.16. The Labute approximate surface area is 129 Å². The number of benzene rings is 2. The van der Waals surface area contributed by atoms with E-state index < -0.39 is 16.0 Å². The number of nitrogens with one attached hydrogen (secondary N) is 1. The summed E-state index contributed by atoms with van der Waals surface area (Å²) in [5, 5.41) is 0. The minimum absolute atomic E-state index is 0.0196. The van der Waals surface area contributed by atoms with E-state index in [-0.39, 0.29) is 22.8 Å². The SMILES string of the molecule is CCOC(=O)c1ccccc1NS(=O)(=O)c1cccc(N)c1. The molecule has 0 fully saturated rings. The Kier molecular flexibility index (Phi) is 4.67. The van der Waals surface area contributed by atoms with Crippen molar-refractivity contribution in [3.8, 4) is 0 Å². The second-order valence-corrected chi connectivity index (χ2v) is 6.13. The summed E-state index contributed by atoms with van der Waals surface area (Å²) < 4.78 is 32.0. The van der Waals surface area contributed by atoms with E-state index in [1.54, 1.807) is 31.2 Å². The lowest BCUT2D eigenvalue weighted by Gasteiger charge is -2.12. The van der Waals surface area contributed by atoms with E-state index in [1.807, 2.05) is 0 Å². The fourth-order valence-electron chi connectivity index (χ4n) is 1.84. The first-order valence-electron chi connectivity index (χ1n) is 6.58. The zero-order valence-corrected chi connectivity index (χ0v) is 12.8. The van der Waals surface area contributed by atoms with Crippen LogP contribution in [0.15, 0.2) is 53.4 Å². The number of carbonyl (C=O) groups is 1. The van der Waals surface area contributed by atoms with Crippen molar-refractivity contribution in [3.63, 3.8) is 0 Å². The molecule has 6 nitrogen and oxygen atoms in total. The third-order valence-electron chi connectivity index (χ3n) is 2.84. The minimum atomic E-state index is -3.84. The van der Waals surface area contributed by atoms with Crippen LogP contribution in [0.5, 0.6) is 0 Å². The molecule has 0 aliphatic rings. The third kappa shape index (κ3) is 3.56. The van der Waals surface area contributed by atoms with Crippen LogP contribution in [0.2, 0.25) is 0 Å². The van der Waals surface area contributed by atoms with E-state index in [9.17, 15) is 13.2 Å². The van der Waals surface area contributed by atoms with Gasteiger partial charge in [-0.25, -0.2) is 13.2 Å². The number of carbonyl (C=O) groups excluding carboxylic acids is 1. The summed E-state index contributed by atoms with van der Waals surface area (Å²) in [5.74, 6) is -0.589. The first-order valence-corrected chi connectivity index (χ1v) is 8.07. The highest BCUT2D eigenvalue weighted by Gasteiger charge is 2.19. The zero-order chi connectivity index (χ0) is 16.2. The number of nitrogens with two attached hydrogens (primary N) is 1. The van der Waals surface area contributed by atoms with Gasteiger partial charge < -0.3 is 10.5 Å². The quantitative estimate of drug-likeness (QED) is 0.650. The van der Waals surface area contributed by atoms with Gasteiger partial charge in [-0.2, -0.15) is 0 Å². The average molecular weight is 320 g/mol. The van der Waals surface area contributed by atoms with E-state index in [1.165, 1.54) is 24.3 Å². The van der Waals surface area contributed by atoms with Gasteiger partial charge in [0, 0.05) is 5.69 Å².